The lowest BCUT2D eigenvalue weighted by molar-refractivity contribution is 0.633. The molecule has 1 unspecified atom stereocenters. The number of hydrogen-bond donors (Lipinski definition) is 0. The maximum Gasteiger partial charge on any atom is 0.119 e. The minimum atomic E-state index is -0.113. The van der Waals surface area contributed by atoms with Crippen molar-refractivity contribution in [2.24, 2.45) is 0 Å². The van der Waals surface area contributed by atoms with Crippen LogP contribution in [0.4, 0.5) is 0 Å². The first-order valence-corrected chi connectivity index (χ1v) is 3.57. The fourth-order valence-electron chi connectivity index (χ4n) is 1.21. The molecule has 0 amide bonds. The standard InChI is InChI=1S/C8H11N3/c1-6(4-9)11-7(2)5-10-8(11)3/h5-6H,1-3H3. The Morgan fingerprint density at radius 1 is 1.64 bits per heavy atom. The van der Waals surface area contributed by atoms with Gasteiger partial charge in [0.25, 0.3) is 0 Å². The van der Waals surface area contributed by atoms with Crippen LogP contribution >= 0.6 is 0 Å². The lowest BCUT2D eigenvalue weighted by Gasteiger charge is -2.08. The number of aryl methyl sites for hydroxylation is 2. The van der Waals surface area contributed by atoms with Gasteiger partial charge in [0, 0.05) is 11.9 Å². The number of imidazole rings is 1. The largest absolute Gasteiger partial charge is 0.316 e. The molecule has 0 N–H and O–H groups in total. The Bertz CT molecular complexity index is 273. The highest BCUT2D eigenvalue weighted by Gasteiger charge is 2.07. The number of nitriles is 1. The van der Waals surface area contributed by atoms with Gasteiger partial charge in [-0.25, -0.2) is 4.98 Å². The molecule has 0 radical (unpaired) electrons. The van der Waals surface area contributed by atoms with E-state index in [9.17, 15) is 0 Å². The van der Waals surface area contributed by atoms with E-state index in [-0.39, 0.29) is 6.04 Å². The SMILES string of the molecule is Cc1cnc(C)n1C(C)C#N. The van der Waals surface area contributed by atoms with Gasteiger partial charge in [-0.2, -0.15) is 5.26 Å². The van der Waals surface area contributed by atoms with Crippen LogP contribution in [0.5, 0.6) is 0 Å². The van der Waals surface area contributed by atoms with Gasteiger partial charge >= 0.3 is 0 Å². The molecule has 1 aromatic heterocycles. The van der Waals surface area contributed by atoms with Crippen LogP contribution in [0.25, 0.3) is 0 Å². The van der Waals surface area contributed by atoms with Crippen molar-refractivity contribution in [3.8, 4) is 6.07 Å². The third-order valence-corrected chi connectivity index (χ3v) is 1.74. The van der Waals surface area contributed by atoms with Crippen LogP contribution in [0.2, 0.25) is 0 Å². The van der Waals surface area contributed by atoms with Crippen LogP contribution in [0.1, 0.15) is 24.5 Å². The third-order valence-electron chi connectivity index (χ3n) is 1.74. The van der Waals surface area contributed by atoms with Crippen molar-refractivity contribution in [2.75, 3.05) is 0 Å². The summed E-state index contributed by atoms with van der Waals surface area (Å²) in [4.78, 5) is 4.10. The van der Waals surface area contributed by atoms with E-state index in [1.54, 1.807) is 6.20 Å². The first kappa shape index (κ1) is 7.80. The quantitative estimate of drug-likeness (QED) is 0.608. The lowest BCUT2D eigenvalue weighted by atomic mass is 10.3. The number of aromatic nitrogens is 2. The van der Waals surface area contributed by atoms with Crippen LogP contribution in [0.15, 0.2) is 6.20 Å². The van der Waals surface area contributed by atoms with Crippen LogP contribution in [0, 0.1) is 25.2 Å². The van der Waals surface area contributed by atoms with E-state index in [0.717, 1.165) is 11.5 Å². The molecule has 1 aromatic rings. The molecule has 0 aliphatic carbocycles. The molecule has 3 heteroatoms. The van der Waals surface area contributed by atoms with E-state index in [2.05, 4.69) is 11.1 Å². The molecule has 0 saturated heterocycles. The molecule has 3 nitrogen and oxygen atoms in total. The molecule has 1 rings (SSSR count). The van der Waals surface area contributed by atoms with Crippen molar-refractivity contribution < 1.29 is 0 Å². The minimum absolute atomic E-state index is 0.113. The molecule has 0 fully saturated rings. The Balaban J connectivity index is 3.12. The van der Waals surface area contributed by atoms with Crippen molar-refractivity contribution in [1.82, 2.24) is 9.55 Å². The molecule has 0 saturated carbocycles. The average Bonchev–Trinajstić information content (AvgIpc) is 2.30. The van der Waals surface area contributed by atoms with Gasteiger partial charge in [-0.1, -0.05) is 0 Å². The van der Waals surface area contributed by atoms with E-state index < -0.39 is 0 Å². The van der Waals surface area contributed by atoms with Crippen LogP contribution < -0.4 is 0 Å². The summed E-state index contributed by atoms with van der Waals surface area (Å²) >= 11 is 0. The Morgan fingerprint density at radius 3 is 2.64 bits per heavy atom. The Labute approximate surface area is 66.3 Å². The Hall–Kier alpha value is -1.30. The second kappa shape index (κ2) is 2.75. The zero-order valence-electron chi connectivity index (χ0n) is 7.00. The normalized spacial score (nSPS) is 12.5. The van der Waals surface area contributed by atoms with Crippen molar-refractivity contribution in [1.29, 1.82) is 5.26 Å². The predicted molar refractivity (Wildman–Crippen MR) is 42.0 cm³/mol. The highest BCUT2D eigenvalue weighted by atomic mass is 15.1. The monoisotopic (exact) mass is 149 g/mol. The number of hydrogen-bond acceptors (Lipinski definition) is 2. The van der Waals surface area contributed by atoms with Gasteiger partial charge in [-0.3, -0.25) is 0 Å². The van der Waals surface area contributed by atoms with Gasteiger partial charge in [0.1, 0.15) is 11.9 Å². The van der Waals surface area contributed by atoms with Crippen molar-refractivity contribution in [2.45, 2.75) is 26.8 Å². The van der Waals surface area contributed by atoms with Crippen LogP contribution in [-0.2, 0) is 0 Å². The summed E-state index contributed by atoms with van der Waals surface area (Å²) < 4.78 is 1.92. The second-order valence-electron chi connectivity index (χ2n) is 2.62. The Morgan fingerprint density at radius 2 is 2.27 bits per heavy atom. The lowest BCUT2D eigenvalue weighted by Crippen LogP contribution is -2.06. The maximum atomic E-state index is 8.66. The first-order valence-electron chi connectivity index (χ1n) is 3.57. The molecule has 0 spiro atoms. The predicted octanol–water partition coefficient (Wildman–Crippen LogP) is 1.58. The summed E-state index contributed by atoms with van der Waals surface area (Å²) in [6.45, 7) is 5.72. The Kier molecular flexibility index (Phi) is 1.95. The molecule has 1 heterocycles. The van der Waals surface area contributed by atoms with E-state index in [0.29, 0.717) is 0 Å². The van der Waals surface area contributed by atoms with Gasteiger partial charge in [0.2, 0.25) is 0 Å². The van der Waals surface area contributed by atoms with Crippen molar-refractivity contribution >= 4 is 0 Å². The molecule has 0 bridgehead atoms. The highest BCUT2D eigenvalue weighted by molar-refractivity contribution is 5.07. The summed E-state index contributed by atoms with van der Waals surface area (Å²) in [5, 5.41) is 8.66. The van der Waals surface area contributed by atoms with Crippen molar-refractivity contribution in [3.63, 3.8) is 0 Å². The summed E-state index contributed by atoms with van der Waals surface area (Å²) in [7, 11) is 0. The summed E-state index contributed by atoms with van der Waals surface area (Å²) in [5.74, 6) is 0.900. The fourth-order valence-corrected chi connectivity index (χ4v) is 1.21. The maximum absolute atomic E-state index is 8.66. The smallest absolute Gasteiger partial charge is 0.119 e. The van der Waals surface area contributed by atoms with E-state index in [1.807, 2.05) is 25.3 Å². The highest BCUT2D eigenvalue weighted by Crippen LogP contribution is 2.11. The first-order chi connectivity index (χ1) is 5.16. The van der Waals surface area contributed by atoms with Crippen LogP contribution in [-0.4, -0.2) is 9.55 Å². The van der Waals surface area contributed by atoms with Gasteiger partial charge in [0.05, 0.1) is 6.07 Å². The minimum Gasteiger partial charge on any atom is -0.316 e. The third kappa shape index (κ3) is 1.25. The van der Waals surface area contributed by atoms with Gasteiger partial charge in [0.15, 0.2) is 0 Å². The molecule has 0 aliphatic rings. The van der Waals surface area contributed by atoms with Crippen LogP contribution in [0.3, 0.4) is 0 Å². The van der Waals surface area contributed by atoms with Crippen molar-refractivity contribution in [3.05, 3.63) is 17.7 Å². The molecule has 0 aromatic carbocycles. The molecule has 0 aliphatic heterocycles. The number of nitrogens with zero attached hydrogens (tertiary/aromatic N) is 3. The number of rotatable bonds is 1. The van der Waals surface area contributed by atoms with Gasteiger partial charge in [-0.15, -0.1) is 0 Å². The average molecular weight is 149 g/mol. The summed E-state index contributed by atoms with van der Waals surface area (Å²) in [5.41, 5.74) is 1.04. The summed E-state index contributed by atoms with van der Waals surface area (Å²) in [6.07, 6.45) is 1.78. The molecular weight excluding hydrogens is 138 g/mol. The topological polar surface area (TPSA) is 41.6 Å². The molecule has 1 atom stereocenters. The zero-order valence-corrected chi connectivity index (χ0v) is 7.00. The molecule has 11 heavy (non-hydrogen) atoms. The summed E-state index contributed by atoms with van der Waals surface area (Å²) in [6, 6.07) is 2.06. The second-order valence-corrected chi connectivity index (χ2v) is 2.62. The van der Waals surface area contributed by atoms with E-state index >= 15 is 0 Å². The van der Waals surface area contributed by atoms with Gasteiger partial charge in [-0.05, 0) is 20.8 Å². The van der Waals surface area contributed by atoms with E-state index in [4.69, 9.17) is 5.26 Å². The molecular formula is C8H11N3. The zero-order chi connectivity index (χ0) is 8.43. The van der Waals surface area contributed by atoms with Gasteiger partial charge < -0.3 is 4.57 Å². The fraction of sp³-hybridized carbons (Fsp3) is 0.500. The van der Waals surface area contributed by atoms with E-state index in [1.165, 1.54) is 0 Å². The molecule has 58 valence electrons.